The molecule has 0 bridgehead atoms. The molecule has 1 N–H and O–H groups in total. The molecule has 13 heavy (non-hydrogen) atoms. The van der Waals surface area contributed by atoms with E-state index in [4.69, 9.17) is 5.11 Å². The van der Waals surface area contributed by atoms with E-state index in [0.717, 1.165) is 25.5 Å². The monoisotopic (exact) mass is 181 g/mol. The van der Waals surface area contributed by atoms with Crippen molar-refractivity contribution >= 4 is 5.97 Å². The highest BCUT2D eigenvalue weighted by Crippen LogP contribution is 2.10. The number of imidazole rings is 1. The van der Waals surface area contributed by atoms with Crippen LogP contribution < -0.4 is 0 Å². The molecule has 0 unspecified atom stereocenters. The molecule has 1 aliphatic heterocycles. The van der Waals surface area contributed by atoms with Crippen LogP contribution in [0.3, 0.4) is 0 Å². The molecule has 0 spiro atoms. The average molecular weight is 181 g/mol. The summed E-state index contributed by atoms with van der Waals surface area (Å²) in [5.74, 6) is -0.115. The molecule has 5 heteroatoms. The quantitative estimate of drug-likeness (QED) is 0.664. The maximum Gasteiger partial charge on any atom is 0.356 e. The standard InChI is InChI=1S/C8H11N3O2/c1-10-2-3-11-4-6(8(12)13)9-7(11)5-10/h4H,2-3,5H2,1H3,(H,12,13). The van der Waals surface area contributed by atoms with Crippen molar-refractivity contribution in [2.45, 2.75) is 13.1 Å². The summed E-state index contributed by atoms with van der Waals surface area (Å²) in [7, 11) is 2.00. The Morgan fingerprint density at radius 2 is 2.38 bits per heavy atom. The topological polar surface area (TPSA) is 58.4 Å². The fraction of sp³-hybridized carbons (Fsp3) is 0.500. The zero-order valence-electron chi connectivity index (χ0n) is 7.40. The second-order valence-electron chi connectivity index (χ2n) is 3.28. The van der Waals surface area contributed by atoms with Crippen LogP contribution in [0.2, 0.25) is 0 Å². The number of carboxylic acid groups (broad SMARTS) is 1. The van der Waals surface area contributed by atoms with Gasteiger partial charge in [-0.2, -0.15) is 0 Å². The number of hydrogen-bond donors (Lipinski definition) is 1. The third-order valence-electron chi connectivity index (χ3n) is 2.21. The minimum absolute atomic E-state index is 0.144. The van der Waals surface area contributed by atoms with Gasteiger partial charge >= 0.3 is 5.97 Å². The molecule has 0 aliphatic carbocycles. The zero-order valence-corrected chi connectivity index (χ0v) is 7.40. The lowest BCUT2D eigenvalue weighted by molar-refractivity contribution is 0.0691. The van der Waals surface area contributed by atoms with E-state index in [9.17, 15) is 4.79 Å². The molecule has 2 rings (SSSR count). The summed E-state index contributed by atoms with van der Waals surface area (Å²) in [5.41, 5.74) is 0.144. The van der Waals surface area contributed by atoms with Crippen molar-refractivity contribution in [2.24, 2.45) is 0 Å². The van der Waals surface area contributed by atoms with E-state index in [0.29, 0.717) is 0 Å². The lowest BCUT2D eigenvalue weighted by Gasteiger charge is -2.22. The number of nitrogens with zero attached hydrogens (tertiary/aromatic N) is 3. The van der Waals surface area contributed by atoms with Crippen molar-refractivity contribution in [3.63, 3.8) is 0 Å². The first-order valence-corrected chi connectivity index (χ1v) is 4.14. The van der Waals surface area contributed by atoms with Gasteiger partial charge in [-0.15, -0.1) is 0 Å². The fourth-order valence-corrected chi connectivity index (χ4v) is 1.48. The number of aromatic nitrogens is 2. The maximum absolute atomic E-state index is 10.6. The Morgan fingerprint density at radius 3 is 3.08 bits per heavy atom. The second kappa shape index (κ2) is 2.85. The Balaban J connectivity index is 2.33. The largest absolute Gasteiger partial charge is 0.476 e. The summed E-state index contributed by atoms with van der Waals surface area (Å²) >= 11 is 0. The smallest absolute Gasteiger partial charge is 0.356 e. The van der Waals surface area contributed by atoms with Crippen LogP contribution in [0.4, 0.5) is 0 Å². The molecule has 0 aromatic carbocycles. The molecule has 1 aliphatic rings. The predicted octanol–water partition coefficient (Wildman–Crippen LogP) is 0.0267. The molecule has 0 fully saturated rings. The Labute approximate surface area is 75.6 Å². The van der Waals surface area contributed by atoms with E-state index in [1.54, 1.807) is 6.20 Å². The SMILES string of the molecule is CN1CCn2cc(C(=O)O)nc2C1. The van der Waals surface area contributed by atoms with Gasteiger partial charge in [0.25, 0.3) is 0 Å². The number of aromatic carboxylic acids is 1. The van der Waals surface area contributed by atoms with Gasteiger partial charge in [0.15, 0.2) is 5.69 Å². The fourth-order valence-electron chi connectivity index (χ4n) is 1.48. The highest BCUT2D eigenvalue weighted by Gasteiger charge is 2.17. The number of fused-ring (bicyclic) bond motifs is 1. The Morgan fingerprint density at radius 1 is 1.62 bits per heavy atom. The van der Waals surface area contributed by atoms with Crippen molar-refractivity contribution in [2.75, 3.05) is 13.6 Å². The van der Waals surface area contributed by atoms with Crippen LogP contribution in [-0.4, -0.2) is 39.1 Å². The van der Waals surface area contributed by atoms with E-state index in [1.165, 1.54) is 0 Å². The normalized spacial score (nSPS) is 17.0. The summed E-state index contributed by atoms with van der Waals surface area (Å²) < 4.78 is 1.91. The van der Waals surface area contributed by atoms with Gasteiger partial charge in [0.05, 0.1) is 6.54 Å². The van der Waals surface area contributed by atoms with Crippen LogP contribution >= 0.6 is 0 Å². The molecule has 0 saturated carbocycles. The minimum atomic E-state index is -0.954. The van der Waals surface area contributed by atoms with E-state index in [2.05, 4.69) is 9.88 Å². The van der Waals surface area contributed by atoms with Gasteiger partial charge in [-0.05, 0) is 7.05 Å². The third kappa shape index (κ3) is 1.42. The van der Waals surface area contributed by atoms with Crippen molar-refractivity contribution < 1.29 is 9.90 Å². The summed E-state index contributed by atoms with van der Waals surface area (Å²) in [6, 6.07) is 0. The molecule has 1 aromatic rings. The Bertz CT molecular complexity index is 345. The van der Waals surface area contributed by atoms with E-state index >= 15 is 0 Å². The van der Waals surface area contributed by atoms with Gasteiger partial charge < -0.3 is 9.67 Å². The molecule has 5 nitrogen and oxygen atoms in total. The summed E-state index contributed by atoms with van der Waals surface area (Å²) in [4.78, 5) is 16.8. The first-order chi connectivity index (χ1) is 6.16. The first-order valence-electron chi connectivity index (χ1n) is 4.14. The minimum Gasteiger partial charge on any atom is -0.476 e. The van der Waals surface area contributed by atoms with Crippen LogP contribution in [-0.2, 0) is 13.1 Å². The van der Waals surface area contributed by atoms with Crippen LogP contribution in [0, 0.1) is 0 Å². The van der Waals surface area contributed by atoms with E-state index in [-0.39, 0.29) is 5.69 Å². The number of carboxylic acids is 1. The summed E-state index contributed by atoms with van der Waals surface area (Å²) in [6.45, 7) is 2.50. The van der Waals surface area contributed by atoms with E-state index in [1.807, 2.05) is 11.6 Å². The summed E-state index contributed by atoms with van der Waals surface area (Å²) in [5, 5.41) is 8.71. The Kier molecular flexibility index (Phi) is 1.81. The number of likely N-dealkylation sites (N-methyl/N-ethyl adjacent to an activating group) is 1. The van der Waals surface area contributed by atoms with Crippen LogP contribution in [0.1, 0.15) is 16.3 Å². The maximum atomic E-state index is 10.6. The van der Waals surface area contributed by atoms with Gasteiger partial charge in [0.1, 0.15) is 5.82 Å². The zero-order chi connectivity index (χ0) is 9.42. The van der Waals surface area contributed by atoms with Crippen molar-refractivity contribution in [1.82, 2.24) is 14.5 Å². The molecule has 0 atom stereocenters. The molecule has 70 valence electrons. The van der Waals surface area contributed by atoms with Crippen LogP contribution in [0.25, 0.3) is 0 Å². The first kappa shape index (κ1) is 8.25. The lowest BCUT2D eigenvalue weighted by Crippen LogP contribution is -2.30. The van der Waals surface area contributed by atoms with Crippen molar-refractivity contribution in [3.05, 3.63) is 17.7 Å². The van der Waals surface area contributed by atoms with E-state index < -0.39 is 5.97 Å². The average Bonchev–Trinajstić information content (AvgIpc) is 2.46. The molecular formula is C8H11N3O2. The van der Waals surface area contributed by atoms with Crippen molar-refractivity contribution in [3.8, 4) is 0 Å². The molecular weight excluding hydrogens is 170 g/mol. The number of hydrogen-bond acceptors (Lipinski definition) is 3. The molecule has 0 radical (unpaired) electrons. The second-order valence-corrected chi connectivity index (χ2v) is 3.28. The third-order valence-corrected chi connectivity index (χ3v) is 2.21. The van der Waals surface area contributed by atoms with Crippen molar-refractivity contribution in [1.29, 1.82) is 0 Å². The van der Waals surface area contributed by atoms with Gasteiger partial charge in [-0.25, -0.2) is 9.78 Å². The molecule has 0 saturated heterocycles. The van der Waals surface area contributed by atoms with Gasteiger partial charge in [-0.1, -0.05) is 0 Å². The van der Waals surface area contributed by atoms with Crippen LogP contribution in [0.15, 0.2) is 6.20 Å². The number of rotatable bonds is 1. The number of carbonyl (C=O) groups is 1. The highest BCUT2D eigenvalue weighted by atomic mass is 16.4. The molecule has 2 heterocycles. The molecule has 1 aromatic heterocycles. The summed E-state index contributed by atoms with van der Waals surface area (Å²) in [6.07, 6.45) is 1.60. The highest BCUT2D eigenvalue weighted by molar-refractivity contribution is 5.85. The van der Waals surface area contributed by atoms with Gasteiger partial charge in [0.2, 0.25) is 0 Å². The van der Waals surface area contributed by atoms with Gasteiger partial charge in [0, 0.05) is 19.3 Å². The predicted molar refractivity (Wildman–Crippen MR) is 45.5 cm³/mol. The van der Waals surface area contributed by atoms with Gasteiger partial charge in [-0.3, -0.25) is 4.90 Å². The van der Waals surface area contributed by atoms with Crippen LogP contribution in [0.5, 0.6) is 0 Å². The Hall–Kier alpha value is -1.36. The lowest BCUT2D eigenvalue weighted by atomic mass is 10.4. The molecule has 0 amide bonds.